The molecule has 0 aromatic carbocycles. The molecule has 0 fully saturated rings. The second-order valence-corrected chi connectivity index (χ2v) is 5.47. The van der Waals surface area contributed by atoms with Crippen molar-refractivity contribution in [2.24, 2.45) is 0 Å². The Bertz CT molecular complexity index is 307. The maximum absolute atomic E-state index is 4.33. The second-order valence-electron chi connectivity index (χ2n) is 4.45. The molecule has 1 heterocycles. The van der Waals surface area contributed by atoms with E-state index in [9.17, 15) is 0 Å². The fourth-order valence-corrected chi connectivity index (χ4v) is 3.04. The van der Waals surface area contributed by atoms with Crippen LogP contribution in [0.5, 0.6) is 0 Å². The van der Waals surface area contributed by atoms with Crippen LogP contribution in [0.25, 0.3) is 0 Å². The molecule has 1 N–H and O–H groups in total. The van der Waals surface area contributed by atoms with Gasteiger partial charge in [0.05, 0.1) is 0 Å². The van der Waals surface area contributed by atoms with Gasteiger partial charge in [0.1, 0.15) is 3.70 Å². The lowest BCUT2D eigenvalue weighted by Crippen LogP contribution is -1.93. The Kier molecular flexibility index (Phi) is 4.47. The number of aromatic amines is 1. The Hall–Kier alpha value is -0.0600. The number of H-pyrrole nitrogens is 1. The topological polar surface area (TPSA) is 28.7 Å². The maximum atomic E-state index is 4.33. The van der Waals surface area contributed by atoms with Crippen molar-refractivity contribution >= 4 is 22.6 Å². The first-order valence-electron chi connectivity index (χ1n) is 6.09. The van der Waals surface area contributed by atoms with E-state index in [-0.39, 0.29) is 0 Å². The standard InChI is InChI=1S/C12H19IN2/c13-12-10-8-6-4-2-1-3-5-7-9-11(10)14-15-12/h1-9H2,(H,14,15). The lowest BCUT2D eigenvalue weighted by atomic mass is 10.1. The van der Waals surface area contributed by atoms with Gasteiger partial charge in [-0.3, -0.25) is 5.10 Å². The van der Waals surface area contributed by atoms with Crippen LogP contribution in [0.4, 0.5) is 0 Å². The Morgan fingerprint density at radius 3 is 2.20 bits per heavy atom. The van der Waals surface area contributed by atoms with E-state index in [1.54, 1.807) is 0 Å². The lowest BCUT2D eigenvalue weighted by Gasteiger charge is -2.01. The molecule has 2 rings (SSSR count). The fraction of sp³-hybridized carbons (Fsp3) is 0.750. The first-order chi connectivity index (χ1) is 7.38. The van der Waals surface area contributed by atoms with Crippen LogP contribution in [0.2, 0.25) is 0 Å². The molecule has 1 aliphatic rings. The largest absolute Gasteiger partial charge is 0.281 e. The van der Waals surface area contributed by atoms with E-state index in [2.05, 4.69) is 32.8 Å². The van der Waals surface area contributed by atoms with Crippen molar-refractivity contribution in [3.05, 3.63) is 15.0 Å². The fourth-order valence-electron chi connectivity index (χ4n) is 2.32. The molecule has 2 nitrogen and oxygen atoms in total. The molecule has 1 aromatic heterocycles. The number of aryl methyl sites for hydroxylation is 1. The number of hydrogen-bond donors (Lipinski definition) is 1. The molecule has 3 heteroatoms. The van der Waals surface area contributed by atoms with Gasteiger partial charge in [-0.05, 0) is 48.3 Å². The SMILES string of the molecule is Ic1n[nH]c2c1CCCCCCCCC2. The second kappa shape index (κ2) is 5.87. The Morgan fingerprint density at radius 1 is 0.867 bits per heavy atom. The zero-order valence-electron chi connectivity index (χ0n) is 9.19. The van der Waals surface area contributed by atoms with Crippen LogP contribution in [0.1, 0.15) is 56.2 Å². The van der Waals surface area contributed by atoms with E-state index in [0.717, 1.165) is 0 Å². The predicted molar refractivity (Wildman–Crippen MR) is 71.0 cm³/mol. The van der Waals surface area contributed by atoms with Crippen molar-refractivity contribution in [3.8, 4) is 0 Å². The molecule has 15 heavy (non-hydrogen) atoms. The maximum Gasteiger partial charge on any atom is 0.126 e. The van der Waals surface area contributed by atoms with E-state index >= 15 is 0 Å². The third-order valence-electron chi connectivity index (χ3n) is 3.26. The molecule has 0 bridgehead atoms. The smallest absolute Gasteiger partial charge is 0.126 e. The molecule has 0 atom stereocenters. The van der Waals surface area contributed by atoms with E-state index in [1.807, 2.05) is 0 Å². The highest BCUT2D eigenvalue weighted by Gasteiger charge is 2.11. The van der Waals surface area contributed by atoms with Crippen molar-refractivity contribution in [3.63, 3.8) is 0 Å². The van der Waals surface area contributed by atoms with E-state index < -0.39 is 0 Å². The van der Waals surface area contributed by atoms with Gasteiger partial charge >= 0.3 is 0 Å². The molecular formula is C12H19IN2. The van der Waals surface area contributed by atoms with Crippen molar-refractivity contribution in [1.29, 1.82) is 0 Å². The summed E-state index contributed by atoms with van der Waals surface area (Å²) in [5.74, 6) is 0. The van der Waals surface area contributed by atoms with Crippen LogP contribution in [-0.2, 0) is 12.8 Å². The Labute approximate surface area is 105 Å². The van der Waals surface area contributed by atoms with Gasteiger partial charge < -0.3 is 0 Å². The zero-order valence-corrected chi connectivity index (χ0v) is 11.3. The van der Waals surface area contributed by atoms with Gasteiger partial charge in [-0.15, -0.1) is 0 Å². The van der Waals surface area contributed by atoms with Crippen molar-refractivity contribution in [2.45, 2.75) is 57.8 Å². The summed E-state index contributed by atoms with van der Waals surface area (Å²) in [6, 6.07) is 0. The summed E-state index contributed by atoms with van der Waals surface area (Å²) in [6.07, 6.45) is 12.1. The number of halogens is 1. The number of nitrogens with one attached hydrogen (secondary N) is 1. The van der Waals surface area contributed by atoms with Gasteiger partial charge in [0.25, 0.3) is 0 Å². The number of fused-ring (bicyclic) bond motifs is 1. The van der Waals surface area contributed by atoms with Gasteiger partial charge in [-0.25, -0.2) is 0 Å². The average molecular weight is 318 g/mol. The van der Waals surface area contributed by atoms with E-state index in [1.165, 1.54) is 72.7 Å². The molecule has 0 aliphatic heterocycles. The molecule has 84 valence electrons. The quantitative estimate of drug-likeness (QED) is 0.723. The molecule has 0 radical (unpaired) electrons. The summed E-state index contributed by atoms with van der Waals surface area (Å²) >= 11 is 2.36. The van der Waals surface area contributed by atoms with Crippen LogP contribution in [0, 0.1) is 3.70 Å². The molecule has 1 aromatic rings. The van der Waals surface area contributed by atoms with Crippen LogP contribution >= 0.6 is 22.6 Å². The molecule has 1 aliphatic carbocycles. The van der Waals surface area contributed by atoms with Gasteiger partial charge in [-0.2, -0.15) is 5.10 Å². The number of hydrogen-bond acceptors (Lipinski definition) is 1. The Balaban J connectivity index is 2.06. The number of rotatable bonds is 0. The highest BCUT2D eigenvalue weighted by atomic mass is 127. The zero-order chi connectivity index (χ0) is 10.5. The van der Waals surface area contributed by atoms with Gasteiger partial charge in [0.2, 0.25) is 0 Å². The van der Waals surface area contributed by atoms with Crippen LogP contribution in [0.3, 0.4) is 0 Å². The third-order valence-corrected chi connectivity index (χ3v) is 4.15. The summed E-state index contributed by atoms with van der Waals surface area (Å²) in [5.41, 5.74) is 2.90. The lowest BCUT2D eigenvalue weighted by molar-refractivity contribution is 0.585. The highest BCUT2D eigenvalue weighted by Crippen LogP contribution is 2.21. The van der Waals surface area contributed by atoms with E-state index in [4.69, 9.17) is 0 Å². The van der Waals surface area contributed by atoms with Gasteiger partial charge in [-0.1, -0.05) is 32.1 Å². The molecule has 0 saturated heterocycles. The minimum atomic E-state index is 1.20. The molecule has 0 saturated carbocycles. The first-order valence-corrected chi connectivity index (χ1v) is 7.17. The van der Waals surface area contributed by atoms with Gasteiger partial charge in [0.15, 0.2) is 0 Å². The first kappa shape index (κ1) is 11.4. The molecule has 0 unspecified atom stereocenters. The summed E-state index contributed by atoms with van der Waals surface area (Å²) in [7, 11) is 0. The van der Waals surface area contributed by atoms with Crippen molar-refractivity contribution in [1.82, 2.24) is 10.2 Å². The number of nitrogens with zero attached hydrogens (tertiary/aromatic N) is 1. The van der Waals surface area contributed by atoms with Crippen LogP contribution in [-0.4, -0.2) is 10.2 Å². The van der Waals surface area contributed by atoms with Crippen molar-refractivity contribution < 1.29 is 0 Å². The minimum absolute atomic E-state index is 1.20. The molecular weight excluding hydrogens is 299 g/mol. The molecule has 0 amide bonds. The summed E-state index contributed by atoms with van der Waals surface area (Å²) < 4.78 is 1.20. The number of aromatic nitrogens is 2. The summed E-state index contributed by atoms with van der Waals surface area (Å²) in [5, 5.41) is 7.53. The average Bonchev–Trinajstić information content (AvgIpc) is 2.56. The molecule has 0 spiro atoms. The normalized spacial score (nSPS) is 19.3. The van der Waals surface area contributed by atoms with Crippen molar-refractivity contribution in [2.75, 3.05) is 0 Å². The Morgan fingerprint density at radius 2 is 1.47 bits per heavy atom. The summed E-state index contributed by atoms with van der Waals surface area (Å²) in [4.78, 5) is 0. The summed E-state index contributed by atoms with van der Waals surface area (Å²) in [6.45, 7) is 0. The van der Waals surface area contributed by atoms with Gasteiger partial charge in [0, 0.05) is 11.3 Å². The minimum Gasteiger partial charge on any atom is -0.281 e. The van der Waals surface area contributed by atoms with E-state index in [0.29, 0.717) is 0 Å². The third kappa shape index (κ3) is 3.20. The van der Waals surface area contributed by atoms with Crippen LogP contribution < -0.4 is 0 Å². The monoisotopic (exact) mass is 318 g/mol. The van der Waals surface area contributed by atoms with Crippen LogP contribution in [0.15, 0.2) is 0 Å². The predicted octanol–water partition coefficient (Wildman–Crippen LogP) is 3.84. The highest BCUT2D eigenvalue weighted by molar-refractivity contribution is 14.1.